The van der Waals surface area contributed by atoms with Crippen LogP contribution in [0.5, 0.6) is 0 Å². The summed E-state index contributed by atoms with van der Waals surface area (Å²) in [6, 6.07) is 5.11. The van der Waals surface area contributed by atoms with Gasteiger partial charge in [0.2, 0.25) is 11.8 Å². The number of benzene rings is 1. The summed E-state index contributed by atoms with van der Waals surface area (Å²) in [7, 11) is 1.71. The predicted molar refractivity (Wildman–Crippen MR) is 127 cm³/mol. The van der Waals surface area contributed by atoms with Gasteiger partial charge in [-0.05, 0) is 49.9 Å². The molecule has 3 rings (SSSR count). The molecule has 0 spiro atoms. The molecule has 30 heavy (non-hydrogen) atoms. The third kappa shape index (κ3) is 6.29. The highest BCUT2D eigenvalue weighted by Gasteiger charge is 2.26. The van der Waals surface area contributed by atoms with Crippen LogP contribution in [0.3, 0.4) is 0 Å². The first-order valence-corrected chi connectivity index (χ1v) is 10.3. The van der Waals surface area contributed by atoms with Crippen LogP contribution in [-0.4, -0.2) is 61.9 Å². The fourth-order valence-electron chi connectivity index (χ4n) is 4.01. The maximum Gasteiger partial charge on any atom is 0.229 e. The van der Waals surface area contributed by atoms with Crippen molar-refractivity contribution in [3.05, 3.63) is 29.6 Å². The predicted octanol–water partition coefficient (Wildman–Crippen LogP) is 2.43. The Bertz CT molecular complexity index is 773. The highest BCUT2D eigenvalue weighted by molar-refractivity contribution is 14.0. The topological polar surface area (TPSA) is 77.0 Å². The summed E-state index contributed by atoms with van der Waals surface area (Å²) in [6.45, 7) is 4.49. The highest BCUT2D eigenvalue weighted by atomic mass is 127. The van der Waals surface area contributed by atoms with E-state index in [1.807, 2.05) is 13.0 Å². The number of amides is 2. The molecule has 2 amide bonds. The van der Waals surface area contributed by atoms with Gasteiger partial charge in [0.05, 0.1) is 0 Å². The van der Waals surface area contributed by atoms with E-state index < -0.39 is 0 Å². The van der Waals surface area contributed by atoms with Crippen molar-refractivity contribution in [3.8, 4) is 0 Å². The molecular formula is C21H31FIN5O2. The Balaban J connectivity index is 0.00000320. The number of aliphatic imine (C=N–C) groups is 1. The second-order valence-corrected chi connectivity index (χ2v) is 7.65. The monoisotopic (exact) mass is 531 g/mol. The van der Waals surface area contributed by atoms with Crippen molar-refractivity contribution < 1.29 is 14.0 Å². The molecule has 1 aromatic rings. The fourth-order valence-corrected chi connectivity index (χ4v) is 4.01. The minimum atomic E-state index is -0.215. The molecule has 166 valence electrons. The van der Waals surface area contributed by atoms with E-state index in [4.69, 9.17) is 0 Å². The summed E-state index contributed by atoms with van der Waals surface area (Å²) in [5.74, 6) is 0.255. The van der Waals surface area contributed by atoms with Crippen molar-refractivity contribution in [2.75, 3.05) is 38.1 Å². The molecule has 2 saturated heterocycles. The summed E-state index contributed by atoms with van der Waals surface area (Å²) in [5, 5.41) is 6.63. The van der Waals surface area contributed by atoms with Crippen LogP contribution >= 0.6 is 24.0 Å². The molecule has 0 aromatic heterocycles. The number of rotatable bonds is 5. The zero-order valence-corrected chi connectivity index (χ0v) is 19.9. The van der Waals surface area contributed by atoms with Crippen LogP contribution in [-0.2, 0) is 9.59 Å². The summed E-state index contributed by atoms with van der Waals surface area (Å²) in [5.41, 5.74) is 1.99. The van der Waals surface area contributed by atoms with Gasteiger partial charge in [-0.1, -0.05) is 0 Å². The van der Waals surface area contributed by atoms with E-state index in [0.29, 0.717) is 38.3 Å². The number of guanidine groups is 1. The quantitative estimate of drug-likeness (QED) is 0.264. The Morgan fingerprint density at radius 2 is 1.97 bits per heavy atom. The lowest BCUT2D eigenvalue weighted by Gasteiger charge is -2.36. The number of hydrogen-bond acceptors (Lipinski definition) is 4. The second kappa shape index (κ2) is 11.5. The van der Waals surface area contributed by atoms with E-state index >= 15 is 0 Å². The van der Waals surface area contributed by atoms with E-state index in [0.717, 1.165) is 37.2 Å². The molecule has 0 bridgehead atoms. The zero-order chi connectivity index (χ0) is 20.8. The number of aryl methyl sites for hydroxylation is 1. The molecule has 2 N–H and O–H groups in total. The summed E-state index contributed by atoms with van der Waals surface area (Å²) in [4.78, 5) is 31.7. The summed E-state index contributed by atoms with van der Waals surface area (Å²) in [6.07, 6.45) is 3.58. The number of imide groups is 1. The SMILES string of the molecule is CN=C(NCCN1C(=O)CCCC1=O)NC1CCCN(c2ccc(F)cc2C)C1.I. The van der Waals surface area contributed by atoms with E-state index in [9.17, 15) is 14.0 Å². The third-order valence-electron chi connectivity index (χ3n) is 5.50. The maximum atomic E-state index is 13.4. The van der Waals surface area contributed by atoms with Gasteiger partial charge in [0.15, 0.2) is 5.96 Å². The third-order valence-corrected chi connectivity index (χ3v) is 5.50. The van der Waals surface area contributed by atoms with Gasteiger partial charge in [0, 0.05) is 57.8 Å². The molecule has 1 unspecified atom stereocenters. The number of carbonyl (C=O) groups is 2. The molecule has 1 atom stereocenters. The largest absolute Gasteiger partial charge is 0.369 e. The van der Waals surface area contributed by atoms with Gasteiger partial charge in [-0.2, -0.15) is 0 Å². The van der Waals surface area contributed by atoms with Gasteiger partial charge in [-0.25, -0.2) is 4.39 Å². The van der Waals surface area contributed by atoms with Crippen molar-refractivity contribution in [1.82, 2.24) is 15.5 Å². The van der Waals surface area contributed by atoms with Crippen molar-refractivity contribution in [2.24, 2.45) is 4.99 Å². The smallest absolute Gasteiger partial charge is 0.229 e. The molecular weight excluding hydrogens is 500 g/mol. The van der Waals surface area contributed by atoms with E-state index in [1.165, 1.54) is 11.0 Å². The van der Waals surface area contributed by atoms with Crippen LogP contribution in [0.15, 0.2) is 23.2 Å². The molecule has 2 aliphatic heterocycles. The van der Waals surface area contributed by atoms with E-state index in [-0.39, 0.29) is 47.7 Å². The number of piperidine rings is 2. The van der Waals surface area contributed by atoms with Gasteiger partial charge in [-0.3, -0.25) is 19.5 Å². The first-order chi connectivity index (χ1) is 14.0. The van der Waals surface area contributed by atoms with Gasteiger partial charge in [0.25, 0.3) is 0 Å². The molecule has 2 aliphatic rings. The maximum absolute atomic E-state index is 13.4. The molecule has 2 heterocycles. The number of nitrogens with zero attached hydrogens (tertiary/aromatic N) is 3. The molecule has 0 saturated carbocycles. The minimum Gasteiger partial charge on any atom is -0.369 e. The molecule has 1 aromatic carbocycles. The Hall–Kier alpha value is -1.91. The number of carbonyl (C=O) groups excluding carboxylic acids is 2. The average molecular weight is 531 g/mol. The number of hydrogen-bond donors (Lipinski definition) is 2. The van der Waals surface area contributed by atoms with Gasteiger partial charge in [0.1, 0.15) is 5.82 Å². The van der Waals surface area contributed by atoms with Crippen molar-refractivity contribution in [3.63, 3.8) is 0 Å². The number of anilines is 1. The Morgan fingerprint density at radius 3 is 2.63 bits per heavy atom. The van der Waals surface area contributed by atoms with Crippen LogP contribution in [0.1, 0.15) is 37.7 Å². The molecule has 0 aliphatic carbocycles. The zero-order valence-electron chi connectivity index (χ0n) is 17.6. The van der Waals surface area contributed by atoms with Crippen LogP contribution in [0, 0.1) is 12.7 Å². The molecule has 2 fully saturated rings. The molecule has 9 heteroatoms. The lowest BCUT2D eigenvalue weighted by molar-refractivity contribution is -0.147. The standard InChI is InChI=1S/C21H30FN5O2.HI/c1-15-13-16(22)8-9-18(15)26-11-4-5-17(14-26)25-21(23-2)24-10-12-27-19(28)6-3-7-20(27)29;/h8-9,13,17H,3-7,10-12,14H2,1-2H3,(H2,23,24,25);1H. The average Bonchev–Trinajstić information content (AvgIpc) is 2.69. The highest BCUT2D eigenvalue weighted by Crippen LogP contribution is 2.24. The number of likely N-dealkylation sites (tertiary alicyclic amines) is 1. The van der Waals surface area contributed by atoms with Gasteiger partial charge in [-0.15, -0.1) is 24.0 Å². The Morgan fingerprint density at radius 1 is 1.23 bits per heavy atom. The first kappa shape index (κ1) is 24.4. The molecule has 7 nitrogen and oxygen atoms in total. The second-order valence-electron chi connectivity index (χ2n) is 7.65. The van der Waals surface area contributed by atoms with Crippen molar-refractivity contribution in [1.29, 1.82) is 0 Å². The summed E-state index contributed by atoms with van der Waals surface area (Å²) >= 11 is 0. The van der Waals surface area contributed by atoms with Crippen LogP contribution < -0.4 is 15.5 Å². The number of halogens is 2. The van der Waals surface area contributed by atoms with Gasteiger partial charge < -0.3 is 15.5 Å². The van der Waals surface area contributed by atoms with E-state index in [1.54, 1.807) is 13.1 Å². The first-order valence-electron chi connectivity index (χ1n) is 10.3. The van der Waals surface area contributed by atoms with Gasteiger partial charge >= 0.3 is 0 Å². The fraction of sp³-hybridized carbons (Fsp3) is 0.571. The van der Waals surface area contributed by atoms with E-state index in [2.05, 4.69) is 20.5 Å². The Kier molecular flexibility index (Phi) is 9.32. The normalized spacial score (nSPS) is 20.1. The van der Waals surface area contributed by atoms with Crippen molar-refractivity contribution in [2.45, 2.75) is 45.1 Å². The van der Waals surface area contributed by atoms with Crippen LogP contribution in [0.25, 0.3) is 0 Å². The lowest BCUT2D eigenvalue weighted by atomic mass is 10.0. The number of nitrogens with one attached hydrogen (secondary N) is 2. The van der Waals surface area contributed by atoms with Crippen LogP contribution in [0.2, 0.25) is 0 Å². The lowest BCUT2D eigenvalue weighted by Crippen LogP contribution is -2.52. The Labute approximate surface area is 194 Å². The minimum absolute atomic E-state index is 0. The van der Waals surface area contributed by atoms with Crippen LogP contribution in [0.4, 0.5) is 10.1 Å². The van der Waals surface area contributed by atoms with Crippen molar-refractivity contribution >= 4 is 47.4 Å². The molecule has 0 radical (unpaired) electrons. The summed E-state index contributed by atoms with van der Waals surface area (Å²) < 4.78 is 13.4.